The maximum atomic E-state index is 5.23. The van der Waals surface area contributed by atoms with Crippen LogP contribution in [0.25, 0.3) is 0 Å². The Balaban J connectivity index is 2.17. The van der Waals surface area contributed by atoms with Gasteiger partial charge in [-0.05, 0) is 12.1 Å². The number of nitrogens with zero attached hydrogens (tertiary/aromatic N) is 2. The van der Waals surface area contributed by atoms with Crippen molar-refractivity contribution in [2.75, 3.05) is 26.6 Å². The third kappa shape index (κ3) is 3.09. The molecule has 0 unspecified atom stereocenters. The molecule has 6 heteroatoms. The highest BCUT2D eigenvalue weighted by atomic mass is 16.5. The zero-order valence-corrected chi connectivity index (χ0v) is 11.7. The monoisotopic (exact) mass is 275 g/mol. The SMILES string of the molecule is COc1cccc(NCc2c(OC)ncnc2OC)c1. The van der Waals surface area contributed by atoms with Crippen molar-refractivity contribution < 1.29 is 14.2 Å². The molecule has 0 bridgehead atoms. The smallest absolute Gasteiger partial charge is 0.225 e. The fraction of sp³-hybridized carbons (Fsp3) is 0.286. The van der Waals surface area contributed by atoms with Crippen LogP contribution in [0.2, 0.25) is 0 Å². The quantitative estimate of drug-likeness (QED) is 0.871. The Morgan fingerprint density at radius 2 is 1.70 bits per heavy atom. The lowest BCUT2D eigenvalue weighted by molar-refractivity contribution is 0.363. The lowest BCUT2D eigenvalue weighted by Crippen LogP contribution is -2.06. The molecule has 1 aromatic heterocycles. The average molecular weight is 275 g/mol. The number of ether oxygens (including phenoxy) is 3. The summed E-state index contributed by atoms with van der Waals surface area (Å²) in [7, 11) is 4.77. The maximum Gasteiger partial charge on any atom is 0.225 e. The predicted octanol–water partition coefficient (Wildman–Crippen LogP) is 2.11. The fourth-order valence-corrected chi connectivity index (χ4v) is 1.81. The number of methoxy groups -OCH3 is 3. The van der Waals surface area contributed by atoms with Crippen LogP contribution in [0.5, 0.6) is 17.5 Å². The second-order valence-corrected chi connectivity index (χ2v) is 3.96. The average Bonchev–Trinajstić information content (AvgIpc) is 2.52. The fourth-order valence-electron chi connectivity index (χ4n) is 1.81. The van der Waals surface area contributed by atoms with Gasteiger partial charge in [-0.1, -0.05) is 6.07 Å². The summed E-state index contributed by atoms with van der Waals surface area (Å²) in [5.74, 6) is 1.78. The maximum absolute atomic E-state index is 5.23. The van der Waals surface area contributed by atoms with E-state index in [0.717, 1.165) is 17.0 Å². The lowest BCUT2D eigenvalue weighted by atomic mass is 10.2. The first-order valence-electron chi connectivity index (χ1n) is 6.08. The van der Waals surface area contributed by atoms with E-state index < -0.39 is 0 Å². The second-order valence-electron chi connectivity index (χ2n) is 3.96. The largest absolute Gasteiger partial charge is 0.497 e. The molecule has 0 spiro atoms. The minimum Gasteiger partial charge on any atom is -0.497 e. The Labute approximate surface area is 117 Å². The molecule has 2 rings (SSSR count). The number of hydrogen-bond donors (Lipinski definition) is 1. The molecular weight excluding hydrogens is 258 g/mol. The standard InChI is InChI=1S/C14H17N3O3/c1-18-11-6-4-5-10(7-11)15-8-12-13(19-2)16-9-17-14(12)20-3/h4-7,9,15H,8H2,1-3H3. The van der Waals surface area contributed by atoms with E-state index in [-0.39, 0.29) is 0 Å². The van der Waals surface area contributed by atoms with Crippen molar-refractivity contribution in [3.63, 3.8) is 0 Å². The third-order valence-electron chi connectivity index (χ3n) is 2.79. The summed E-state index contributed by atoms with van der Waals surface area (Å²) in [4.78, 5) is 8.15. The minimum absolute atomic E-state index is 0.486. The van der Waals surface area contributed by atoms with Crippen molar-refractivity contribution in [1.29, 1.82) is 0 Å². The van der Waals surface area contributed by atoms with Crippen LogP contribution in [-0.2, 0) is 6.54 Å². The lowest BCUT2D eigenvalue weighted by Gasteiger charge is -2.12. The van der Waals surface area contributed by atoms with Crippen LogP contribution >= 0.6 is 0 Å². The molecule has 0 aliphatic rings. The molecule has 20 heavy (non-hydrogen) atoms. The van der Waals surface area contributed by atoms with Crippen LogP contribution in [0.4, 0.5) is 5.69 Å². The number of aromatic nitrogens is 2. The van der Waals surface area contributed by atoms with Crippen LogP contribution in [0, 0.1) is 0 Å². The normalized spacial score (nSPS) is 9.95. The van der Waals surface area contributed by atoms with Gasteiger partial charge in [-0.25, -0.2) is 9.97 Å². The van der Waals surface area contributed by atoms with Crippen molar-refractivity contribution in [2.24, 2.45) is 0 Å². The molecule has 1 N–H and O–H groups in total. The van der Waals surface area contributed by atoms with Crippen molar-refractivity contribution >= 4 is 5.69 Å². The summed E-state index contributed by atoms with van der Waals surface area (Å²) in [6.45, 7) is 0.486. The molecule has 0 fully saturated rings. The van der Waals surface area contributed by atoms with Crippen molar-refractivity contribution in [3.05, 3.63) is 36.2 Å². The van der Waals surface area contributed by atoms with E-state index in [1.807, 2.05) is 24.3 Å². The van der Waals surface area contributed by atoms with E-state index >= 15 is 0 Å². The summed E-state index contributed by atoms with van der Waals surface area (Å²) in [6, 6.07) is 7.66. The first-order valence-corrected chi connectivity index (χ1v) is 6.08. The molecule has 106 valence electrons. The zero-order chi connectivity index (χ0) is 14.4. The molecular formula is C14H17N3O3. The number of nitrogens with one attached hydrogen (secondary N) is 1. The van der Waals surface area contributed by atoms with E-state index in [1.54, 1.807) is 21.3 Å². The molecule has 0 aliphatic heterocycles. The molecule has 6 nitrogen and oxygen atoms in total. The summed E-state index contributed by atoms with van der Waals surface area (Å²) in [5.41, 5.74) is 1.69. The van der Waals surface area contributed by atoms with Crippen LogP contribution in [0.3, 0.4) is 0 Å². The molecule has 0 amide bonds. The molecule has 0 aliphatic carbocycles. The summed E-state index contributed by atoms with van der Waals surface area (Å²) in [6.07, 6.45) is 1.41. The van der Waals surface area contributed by atoms with E-state index in [2.05, 4.69) is 15.3 Å². The van der Waals surface area contributed by atoms with Gasteiger partial charge in [-0.3, -0.25) is 0 Å². The summed E-state index contributed by atoms with van der Waals surface area (Å²) < 4.78 is 15.6. The molecule has 0 atom stereocenters. The van der Waals surface area contributed by atoms with Crippen molar-refractivity contribution in [1.82, 2.24) is 9.97 Å². The second kappa shape index (κ2) is 6.60. The first-order chi connectivity index (χ1) is 9.78. The Kier molecular flexibility index (Phi) is 4.60. The molecule has 0 radical (unpaired) electrons. The van der Waals surface area contributed by atoms with E-state index in [9.17, 15) is 0 Å². The van der Waals surface area contributed by atoms with Crippen LogP contribution < -0.4 is 19.5 Å². The van der Waals surface area contributed by atoms with Crippen LogP contribution in [-0.4, -0.2) is 31.3 Å². The Morgan fingerprint density at radius 1 is 1.00 bits per heavy atom. The van der Waals surface area contributed by atoms with Crippen LogP contribution in [0.15, 0.2) is 30.6 Å². The summed E-state index contributed by atoms with van der Waals surface area (Å²) in [5, 5.41) is 3.27. The summed E-state index contributed by atoms with van der Waals surface area (Å²) >= 11 is 0. The van der Waals surface area contributed by atoms with Gasteiger partial charge in [-0.15, -0.1) is 0 Å². The number of rotatable bonds is 6. The highest BCUT2D eigenvalue weighted by molar-refractivity contribution is 5.49. The third-order valence-corrected chi connectivity index (χ3v) is 2.79. The molecule has 2 aromatic rings. The van der Waals surface area contributed by atoms with Gasteiger partial charge in [-0.2, -0.15) is 0 Å². The van der Waals surface area contributed by atoms with Gasteiger partial charge in [0.2, 0.25) is 11.8 Å². The predicted molar refractivity (Wildman–Crippen MR) is 75.5 cm³/mol. The van der Waals surface area contributed by atoms with Gasteiger partial charge in [0.05, 0.1) is 33.4 Å². The Morgan fingerprint density at radius 3 is 2.30 bits per heavy atom. The van der Waals surface area contributed by atoms with Gasteiger partial charge >= 0.3 is 0 Å². The van der Waals surface area contributed by atoms with E-state index in [1.165, 1.54) is 6.33 Å². The van der Waals surface area contributed by atoms with E-state index in [0.29, 0.717) is 18.3 Å². The first kappa shape index (κ1) is 13.9. The zero-order valence-electron chi connectivity index (χ0n) is 11.7. The van der Waals surface area contributed by atoms with Gasteiger partial charge < -0.3 is 19.5 Å². The van der Waals surface area contributed by atoms with E-state index in [4.69, 9.17) is 14.2 Å². The molecule has 0 saturated heterocycles. The highest BCUT2D eigenvalue weighted by Gasteiger charge is 2.12. The molecule has 1 heterocycles. The van der Waals surface area contributed by atoms with Gasteiger partial charge in [0.25, 0.3) is 0 Å². The number of benzene rings is 1. The minimum atomic E-state index is 0.486. The highest BCUT2D eigenvalue weighted by Crippen LogP contribution is 2.25. The molecule has 1 aromatic carbocycles. The number of anilines is 1. The topological polar surface area (TPSA) is 65.5 Å². The molecule has 0 saturated carbocycles. The Bertz CT molecular complexity index is 553. The van der Waals surface area contributed by atoms with Crippen molar-refractivity contribution in [3.8, 4) is 17.5 Å². The van der Waals surface area contributed by atoms with Gasteiger partial charge in [0.1, 0.15) is 12.1 Å². The van der Waals surface area contributed by atoms with Crippen molar-refractivity contribution in [2.45, 2.75) is 6.54 Å². The van der Waals surface area contributed by atoms with Gasteiger partial charge in [0.15, 0.2) is 0 Å². The number of hydrogen-bond acceptors (Lipinski definition) is 6. The van der Waals surface area contributed by atoms with Crippen LogP contribution in [0.1, 0.15) is 5.56 Å². The Hall–Kier alpha value is -2.50. The van der Waals surface area contributed by atoms with Gasteiger partial charge in [0, 0.05) is 11.8 Å².